The Bertz CT molecular complexity index is 506. The Morgan fingerprint density at radius 3 is 2.68 bits per heavy atom. The quantitative estimate of drug-likeness (QED) is 0.908. The molecule has 22 heavy (non-hydrogen) atoms. The molecule has 122 valence electrons. The average Bonchev–Trinajstić information content (AvgIpc) is 3.05. The number of para-hydroxylation sites is 1. The number of hydrogen-bond acceptors (Lipinski definition) is 4. The number of halogens is 1. The summed E-state index contributed by atoms with van der Waals surface area (Å²) in [5, 5.41) is 3.37. The fourth-order valence-corrected chi connectivity index (χ4v) is 3.26. The molecule has 0 bridgehead atoms. The van der Waals surface area contributed by atoms with Gasteiger partial charge < -0.3 is 15.0 Å². The number of hydrogen-bond donors (Lipinski definition) is 1. The number of carbonyl (C=O) groups is 1. The van der Waals surface area contributed by atoms with E-state index in [-0.39, 0.29) is 18.3 Å². The van der Waals surface area contributed by atoms with Crippen molar-refractivity contribution in [2.75, 3.05) is 46.4 Å². The van der Waals surface area contributed by atoms with Gasteiger partial charge in [-0.3, -0.25) is 9.69 Å². The Labute approximate surface area is 138 Å². The second-order valence-corrected chi connectivity index (χ2v) is 5.68. The Morgan fingerprint density at radius 1 is 1.23 bits per heavy atom. The molecule has 1 atom stereocenters. The molecule has 0 radical (unpaired) electrons. The topological polar surface area (TPSA) is 44.8 Å². The van der Waals surface area contributed by atoms with Crippen LogP contribution >= 0.6 is 12.4 Å². The maximum atomic E-state index is 12.7. The first-order chi connectivity index (χ1) is 10.3. The summed E-state index contributed by atoms with van der Waals surface area (Å²) < 4.78 is 5.30. The molecule has 5 nitrogen and oxygen atoms in total. The molecule has 1 amide bonds. The first kappa shape index (κ1) is 17.1. The van der Waals surface area contributed by atoms with Crippen molar-refractivity contribution in [1.82, 2.24) is 15.1 Å². The number of rotatable bonds is 3. The first-order valence-electron chi connectivity index (χ1n) is 7.66. The number of nitrogens with one attached hydrogen (secondary N) is 1. The number of carbonyl (C=O) groups excluding carboxylic acids is 1. The molecule has 1 aromatic carbocycles. The fraction of sp³-hybridized carbons (Fsp3) is 0.562. The van der Waals surface area contributed by atoms with Crippen molar-refractivity contribution >= 4 is 18.3 Å². The summed E-state index contributed by atoms with van der Waals surface area (Å²) in [4.78, 5) is 17.1. The van der Waals surface area contributed by atoms with Gasteiger partial charge in [0.1, 0.15) is 5.75 Å². The van der Waals surface area contributed by atoms with Gasteiger partial charge in [-0.05, 0) is 18.6 Å². The van der Waals surface area contributed by atoms with E-state index in [0.717, 1.165) is 45.7 Å². The summed E-state index contributed by atoms with van der Waals surface area (Å²) in [7, 11) is 1.61. The lowest BCUT2D eigenvalue weighted by molar-refractivity contribution is 0.0770. The van der Waals surface area contributed by atoms with E-state index in [0.29, 0.717) is 17.4 Å². The van der Waals surface area contributed by atoms with Gasteiger partial charge in [0.15, 0.2) is 0 Å². The summed E-state index contributed by atoms with van der Waals surface area (Å²) in [5.74, 6) is 0.748. The number of amides is 1. The molecular weight excluding hydrogens is 302 g/mol. The molecule has 2 heterocycles. The van der Waals surface area contributed by atoms with Crippen LogP contribution in [0.4, 0.5) is 0 Å². The highest BCUT2D eigenvalue weighted by atomic mass is 35.5. The third-order valence-corrected chi connectivity index (χ3v) is 4.46. The molecule has 2 aliphatic heterocycles. The molecule has 2 saturated heterocycles. The predicted octanol–water partition coefficient (Wildman–Crippen LogP) is 1.24. The zero-order valence-corrected chi connectivity index (χ0v) is 13.8. The van der Waals surface area contributed by atoms with Crippen LogP contribution in [0.15, 0.2) is 24.3 Å². The van der Waals surface area contributed by atoms with Gasteiger partial charge >= 0.3 is 0 Å². The zero-order valence-electron chi connectivity index (χ0n) is 13.0. The molecule has 0 aromatic heterocycles. The lowest BCUT2D eigenvalue weighted by Crippen LogP contribution is -2.49. The van der Waals surface area contributed by atoms with Crippen LogP contribution in [0, 0.1) is 0 Å². The number of likely N-dealkylation sites (tertiary alicyclic amines) is 1. The number of benzene rings is 1. The highest BCUT2D eigenvalue weighted by molar-refractivity contribution is 5.97. The van der Waals surface area contributed by atoms with Gasteiger partial charge in [-0.1, -0.05) is 12.1 Å². The van der Waals surface area contributed by atoms with Crippen LogP contribution in [0.25, 0.3) is 0 Å². The maximum Gasteiger partial charge on any atom is 0.257 e. The highest BCUT2D eigenvalue weighted by Crippen LogP contribution is 2.23. The fourth-order valence-electron chi connectivity index (χ4n) is 3.26. The molecule has 2 aliphatic rings. The van der Waals surface area contributed by atoms with Crippen LogP contribution in [0.2, 0.25) is 0 Å². The van der Waals surface area contributed by atoms with Crippen LogP contribution in [0.5, 0.6) is 5.75 Å². The van der Waals surface area contributed by atoms with E-state index in [2.05, 4.69) is 10.2 Å². The van der Waals surface area contributed by atoms with Crippen molar-refractivity contribution in [2.45, 2.75) is 12.5 Å². The molecule has 0 aliphatic carbocycles. The minimum absolute atomic E-state index is 0. The van der Waals surface area contributed by atoms with Crippen molar-refractivity contribution in [3.63, 3.8) is 0 Å². The predicted molar refractivity (Wildman–Crippen MR) is 89.0 cm³/mol. The van der Waals surface area contributed by atoms with Crippen molar-refractivity contribution in [2.24, 2.45) is 0 Å². The van der Waals surface area contributed by atoms with E-state index in [1.54, 1.807) is 7.11 Å². The van der Waals surface area contributed by atoms with Crippen LogP contribution in [-0.4, -0.2) is 68.1 Å². The molecular formula is C16H24ClN3O2. The van der Waals surface area contributed by atoms with Crippen LogP contribution in [0.1, 0.15) is 16.8 Å². The SMILES string of the molecule is COc1ccccc1C(=O)N1CCC(N2CCNCC2)C1.Cl. The Kier molecular flexibility index (Phi) is 6.06. The van der Waals surface area contributed by atoms with Gasteiger partial charge in [-0.25, -0.2) is 0 Å². The summed E-state index contributed by atoms with van der Waals surface area (Å²) in [5.41, 5.74) is 0.668. The summed E-state index contributed by atoms with van der Waals surface area (Å²) in [6.45, 7) is 5.94. The zero-order chi connectivity index (χ0) is 14.7. The third-order valence-electron chi connectivity index (χ3n) is 4.46. The molecule has 6 heteroatoms. The Balaban J connectivity index is 0.00000176. The van der Waals surface area contributed by atoms with Crippen LogP contribution < -0.4 is 10.1 Å². The van der Waals surface area contributed by atoms with Crippen molar-refractivity contribution in [1.29, 1.82) is 0 Å². The standard InChI is InChI=1S/C16H23N3O2.ClH/c1-21-15-5-3-2-4-14(15)16(20)19-9-6-13(12-19)18-10-7-17-8-11-18;/h2-5,13,17H,6-12H2,1H3;1H. The lowest BCUT2D eigenvalue weighted by atomic mass is 10.1. The van der Waals surface area contributed by atoms with Crippen LogP contribution in [-0.2, 0) is 0 Å². The van der Waals surface area contributed by atoms with Gasteiger partial charge in [-0.15, -0.1) is 12.4 Å². The number of ether oxygens (including phenoxy) is 1. The van der Waals surface area contributed by atoms with E-state index in [1.807, 2.05) is 29.2 Å². The van der Waals surface area contributed by atoms with Gasteiger partial charge in [0.25, 0.3) is 5.91 Å². The number of methoxy groups -OCH3 is 1. The smallest absolute Gasteiger partial charge is 0.257 e. The largest absolute Gasteiger partial charge is 0.496 e. The summed E-state index contributed by atoms with van der Waals surface area (Å²) in [6.07, 6.45) is 1.07. The molecule has 3 rings (SSSR count). The van der Waals surface area contributed by atoms with Crippen molar-refractivity contribution in [3.8, 4) is 5.75 Å². The number of piperazine rings is 1. The molecule has 0 saturated carbocycles. The maximum absolute atomic E-state index is 12.7. The van der Waals surface area contributed by atoms with Crippen molar-refractivity contribution in [3.05, 3.63) is 29.8 Å². The third kappa shape index (κ3) is 3.54. The van der Waals surface area contributed by atoms with E-state index in [9.17, 15) is 4.79 Å². The van der Waals surface area contributed by atoms with Gasteiger partial charge in [-0.2, -0.15) is 0 Å². The van der Waals surface area contributed by atoms with E-state index < -0.39 is 0 Å². The van der Waals surface area contributed by atoms with Gasteiger partial charge in [0.05, 0.1) is 12.7 Å². The molecule has 2 fully saturated rings. The second kappa shape index (κ2) is 7.81. The first-order valence-corrected chi connectivity index (χ1v) is 7.66. The average molecular weight is 326 g/mol. The Morgan fingerprint density at radius 2 is 1.95 bits per heavy atom. The van der Waals surface area contributed by atoms with Gasteiger partial charge in [0, 0.05) is 45.3 Å². The molecule has 1 unspecified atom stereocenters. The number of nitrogens with zero attached hydrogens (tertiary/aromatic N) is 2. The lowest BCUT2D eigenvalue weighted by Gasteiger charge is -2.32. The second-order valence-electron chi connectivity index (χ2n) is 5.68. The highest BCUT2D eigenvalue weighted by Gasteiger charge is 2.32. The van der Waals surface area contributed by atoms with Crippen molar-refractivity contribution < 1.29 is 9.53 Å². The van der Waals surface area contributed by atoms with E-state index in [1.165, 1.54) is 0 Å². The van der Waals surface area contributed by atoms with E-state index in [4.69, 9.17) is 4.74 Å². The minimum atomic E-state index is 0. The molecule has 0 spiro atoms. The summed E-state index contributed by atoms with van der Waals surface area (Å²) >= 11 is 0. The monoisotopic (exact) mass is 325 g/mol. The Hall–Kier alpha value is -1.30. The van der Waals surface area contributed by atoms with Crippen LogP contribution in [0.3, 0.4) is 0 Å². The minimum Gasteiger partial charge on any atom is -0.496 e. The molecule has 1 aromatic rings. The van der Waals surface area contributed by atoms with Gasteiger partial charge in [0.2, 0.25) is 0 Å². The molecule has 1 N–H and O–H groups in total. The summed E-state index contributed by atoms with van der Waals surface area (Å²) in [6, 6.07) is 7.98. The van der Waals surface area contributed by atoms with E-state index >= 15 is 0 Å². The normalized spacial score (nSPS) is 22.2.